The fourth-order valence-electron chi connectivity index (χ4n) is 5.50. The average molecular weight is 644 g/mol. The van der Waals surface area contributed by atoms with E-state index in [1.54, 1.807) is 18.2 Å². The van der Waals surface area contributed by atoms with Gasteiger partial charge in [-0.3, -0.25) is 24.0 Å². The summed E-state index contributed by atoms with van der Waals surface area (Å²) < 4.78 is 5.22. The number of carboxylic acids is 1. The van der Waals surface area contributed by atoms with Crippen LogP contribution in [-0.4, -0.2) is 89.3 Å². The van der Waals surface area contributed by atoms with Crippen LogP contribution in [0.25, 0.3) is 0 Å². The van der Waals surface area contributed by atoms with Gasteiger partial charge in [0.1, 0.15) is 12.1 Å². The molecule has 5 amide bonds. The SMILES string of the molecule is CC(C)COC(=O)N[C@H]1CCCCCCCC(C(=O)C(=O)NCC(=O)N[C@H](C(=O)O)c2ccccc2)NC(=O)[C@@H]2CCCN2C1=O. The van der Waals surface area contributed by atoms with E-state index in [0.717, 1.165) is 12.8 Å². The molecule has 0 radical (unpaired) electrons. The molecule has 46 heavy (non-hydrogen) atoms. The third-order valence-electron chi connectivity index (χ3n) is 7.91. The van der Waals surface area contributed by atoms with Crippen molar-refractivity contribution in [1.82, 2.24) is 26.2 Å². The lowest BCUT2D eigenvalue weighted by Crippen LogP contribution is -2.56. The van der Waals surface area contributed by atoms with Crippen molar-refractivity contribution in [2.75, 3.05) is 19.7 Å². The van der Waals surface area contributed by atoms with Crippen molar-refractivity contribution in [2.24, 2.45) is 5.92 Å². The average Bonchev–Trinajstić information content (AvgIpc) is 3.53. The first-order valence-corrected chi connectivity index (χ1v) is 15.9. The third kappa shape index (κ3) is 10.8. The molecule has 0 saturated carbocycles. The Hall–Kier alpha value is -4.49. The van der Waals surface area contributed by atoms with Crippen LogP contribution in [0.15, 0.2) is 30.3 Å². The van der Waals surface area contributed by atoms with Crippen LogP contribution < -0.4 is 21.3 Å². The van der Waals surface area contributed by atoms with Crippen molar-refractivity contribution in [3.05, 3.63) is 35.9 Å². The summed E-state index contributed by atoms with van der Waals surface area (Å²) in [5.41, 5.74) is 0.334. The summed E-state index contributed by atoms with van der Waals surface area (Å²) in [6.45, 7) is 3.64. The molecule has 14 nitrogen and oxygen atoms in total. The fraction of sp³-hybridized carbons (Fsp3) is 0.594. The van der Waals surface area contributed by atoms with E-state index < -0.39 is 72.2 Å². The first kappa shape index (κ1) is 36.0. The predicted molar refractivity (Wildman–Crippen MR) is 165 cm³/mol. The van der Waals surface area contributed by atoms with Crippen molar-refractivity contribution in [3.63, 3.8) is 0 Å². The molecule has 2 aliphatic heterocycles. The number of amides is 5. The van der Waals surface area contributed by atoms with E-state index in [-0.39, 0.29) is 18.9 Å². The number of rotatable bonds is 10. The van der Waals surface area contributed by atoms with Crippen LogP contribution in [0, 0.1) is 5.92 Å². The summed E-state index contributed by atoms with van der Waals surface area (Å²) in [4.78, 5) is 91.0. The Labute approximate surface area is 268 Å². The Morgan fingerprint density at radius 2 is 1.63 bits per heavy atom. The van der Waals surface area contributed by atoms with E-state index >= 15 is 0 Å². The van der Waals surface area contributed by atoms with Crippen LogP contribution in [0.3, 0.4) is 0 Å². The summed E-state index contributed by atoms with van der Waals surface area (Å²) in [5.74, 6) is -5.03. The summed E-state index contributed by atoms with van der Waals surface area (Å²) in [7, 11) is 0. The summed E-state index contributed by atoms with van der Waals surface area (Å²) >= 11 is 0. The zero-order valence-electron chi connectivity index (χ0n) is 26.4. The molecule has 2 saturated heterocycles. The van der Waals surface area contributed by atoms with Gasteiger partial charge in [-0.25, -0.2) is 9.59 Å². The van der Waals surface area contributed by atoms with E-state index in [0.29, 0.717) is 50.6 Å². The number of carbonyl (C=O) groups excluding carboxylic acids is 6. The number of nitrogens with one attached hydrogen (secondary N) is 4. The second-order valence-corrected chi connectivity index (χ2v) is 12.1. The summed E-state index contributed by atoms with van der Waals surface area (Å²) in [6.07, 6.45) is 4.23. The Morgan fingerprint density at radius 1 is 0.957 bits per heavy atom. The zero-order valence-corrected chi connectivity index (χ0v) is 26.4. The maximum Gasteiger partial charge on any atom is 0.407 e. The van der Waals surface area contributed by atoms with E-state index in [1.165, 1.54) is 17.0 Å². The minimum Gasteiger partial charge on any atom is -0.479 e. The number of ether oxygens (including phenoxy) is 1. The highest BCUT2D eigenvalue weighted by atomic mass is 16.5. The normalized spacial score (nSPS) is 21.6. The lowest BCUT2D eigenvalue weighted by molar-refractivity contribution is -0.143. The molecule has 3 rings (SSSR count). The van der Waals surface area contributed by atoms with Crippen LogP contribution in [-0.2, 0) is 33.5 Å². The molecule has 0 bridgehead atoms. The van der Waals surface area contributed by atoms with Gasteiger partial charge in [-0.15, -0.1) is 0 Å². The summed E-state index contributed by atoms with van der Waals surface area (Å²) in [5, 5.41) is 19.4. The molecule has 5 N–H and O–H groups in total. The van der Waals surface area contributed by atoms with Crippen molar-refractivity contribution >= 4 is 41.5 Å². The molecule has 2 aliphatic rings. The van der Waals surface area contributed by atoms with E-state index in [9.17, 15) is 38.7 Å². The number of hydrogen-bond acceptors (Lipinski definition) is 8. The number of Topliss-reactive ketones (excluding diaryl/α,β-unsaturated/α-hetero) is 1. The van der Waals surface area contributed by atoms with Gasteiger partial charge in [0.2, 0.25) is 23.5 Å². The summed E-state index contributed by atoms with van der Waals surface area (Å²) in [6, 6.07) is 3.73. The van der Waals surface area contributed by atoms with Crippen molar-refractivity contribution in [2.45, 2.75) is 95.8 Å². The predicted octanol–water partition coefficient (Wildman–Crippen LogP) is 1.58. The molecule has 0 spiro atoms. The Bertz CT molecular complexity index is 1260. The van der Waals surface area contributed by atoms with Gasteiger partial charge in [-0.2, -0.15) is 0 Å². The number of hydrogen-bond donors (Lipinski definition) is 5. The van der Waals surface area contributed by atoms with Gasteiger partial charge in [-0.05, 0) is 37.2 Å². The molecule has 2 fully saturated rings. The molecule has 14 heteroatoms. The lowest BCUT2D eigenvalue weighted by atomic mass is 9.99. The molecule has 252 valence electrons. The molecule has 0 aliphatic carbocycles. The van der Waals surface area contributed by atoms with Gasteiger partial charge in [0.25, 0.3) is 5.91 Å². The number of benzene rings is 1. The maximum atomic E-state index is 13.6. The number of carbonyl (C=O) groups is 7. The molecule has 4 atom stereocenters. The molecule has 1 aromatic rings. The van der Waals surface area contributed by atoms with Gasteiger partial charge < -0.3 is 36.0 Å². The first-order valence-electron chi connectivity index (χ1n) is 15.9. The number of carboxylic acid groups (broad SMARTS) is 1. The largest absolute Gasteiger partial charge is 0.479 e. The molecule has 2 heterocycles. The Balaban J connectivity index is 1.65. The first-order chi connectivity index (χ1) is 22.0. The van der Waals surface area contributed by atoms with Crippen molar-refractivity contribution < 1.29 is 43.4 Å². The standard InChI is InChI=1S/C32H45N5O9/c1-20(2)19-46-32(45)35-23-15-10-5-3-4-9-14-22(34-28(40)24-16-11-17-37(24)30(23)42)27(39)29(41)33-18-25(38)36-26(31(43)44)21-12-7-6-8-13-21/h6-8,12-13,20,22-24,26H,3-5,9-11,14-19H2,1-2H3,(H,33,41)(H,34,40)(H,35,45)(H,36,38)(H,43,44)/t22?,23-,24-,26-/m0/s1. The Kier molecular flexibility index (Phi) is 14.0. The lowest BCUT2D eigenvalue weighted by Gasteiger charge is -2.30. The minimum atomic E-state index is -1.35. The number of aliphatic carboxylic acids is 1. The maximum absolute atomic E-state index is 13.6. The van der Waals surface area contributed by atoms with Gasteiger partial charge in [0.05, 0.1) is 19.2 Å². The molecule has 1 unspecified atom stereocenters. The number of fused-ring (bicyclic) bond motifs is 1. The highest BCUT2D eigenvalue weighted by Gasteiger charge is 2.39. The molecular weight excluding hydrogens is 598 g/mol. The smallest absolute Gasteiger partial charge is 0.407 e. The van der Waals surface area contributed by atoms with Gasteiger partial charge in [0, 0.05) is 6.54 Å². The van der Waals surface area contributed by atoms with E-state index in [4.69, 9.17) is 4.74 Å². The van der Waals surface area contributed by atoms with E-state index in [1.807, 2.05) is 13.8 Å². The number of nitrogens with zero attached hydrogens (tertiary/aromatic N) is 1. The van der Waals surface area contributed by atoms with Gasteiger partial charge >= 0.3 is 12.1 Å². The van der Waals surface area contributed by atoms with Crippen LogP contribution in [0.5, 0.6) is 0 Å². The fourth-order valence-corrected chi connectivity index (χ4v) is 5.50. The monoisotopic (exact) mass is 643 g/mol. The van der Waals surface area contributed by atoms with Crippen LogP contribution in [0.2, 0.25) is 0 Å². The van der Waals surface area contributed by atoms with Crippen molar-refractivity contribution in [3.8, 4) is 0 Å². The molecular formula is C32H45N5O9. The quantitative estimate of drug-likeness (QED) is 0.235. The Morgan fingerprint density at radius 3 is 2.30 bits per heavy atom. The van der Waals surface area contributed by atoms with Gasteiger partial charge in [-0.1, -0.05) is 76.3 Å². The second kappa shape index (κ2) is 17.9. The van der Waals surface area contributed by atoms with E-state index in [2.05, 4.69) is 21.3 Å². The molecule has 1 aromatic carbocycles. The van der Waals surface area contributed by atoms with Crippen LogP contribution >= 0.6 is 0 Å². The molecule has 0 aromatic heterocycles. The van der Waals surface area contributed by atoms with Gasteiger partial charge in [0.15, 0.2) is 6.04 Å². The second-order valence-electron chi connectivity index (χ2n) is 12.1. The van der Waals surface area contributed by atoms with Crippen molar-refractivity contribution in [1.29, 1.82) is 0 Å². The topological polar surface area (TPSA) is 200 Å². The third-order valence-corrected chi connectivity index (χ3v) is 7.91. The number of ketones is 1. The highest BCUT2D eigenvalue weighted by molar-refractivity contribution is 6.38. The minimum absolute atomic E-state index is 0.121. The van der Waals surface area contributed by atoms with Crippen LogP contribution in [0.4, 0.5) is 4.79 Å². The number of alkyl carbamates (subject to hydrolysis) is 1. The highest BCUT2D eigenvalue weighted by Crippen LogP contribution is 2.22. The van der Waals surface area contributed by atoms with Crippen LogP contribution in [0.1, 0.15) is 83.2 Å². The zero-order chi connectivity index (χ0) is 33.6.